The summed E-state index contributed by atoms with van der Waals surface area (Å²) in [5.41, 5.74) is 0. The standard InChI is InChI=1S/C13H20BrNO4S2/c1-5-19-13(7-8-17-3,12(16)15(2)18-4)21-11-10(14)6-9-20-11/h6,9H,5,7-8H2,1-4H3. The molecule has 0 saturated carbocycles. The molecule has 1 unspecified atom stereocenters. The average molecular weight is 398 g/mol. The van der Waals surface area contributed by atoms with E-state index < -0.39 is 4.93 Å². The maximum absolute atomic E-state index is 12.7. The normalized spacial score (nSPS) is 14.0. The number of hydrogen-bond acceptors (Lipinski definition) is 6. The minimum Gasteiger partial charge on any atom is -0.385 e. The largest absolute Gasteiger partial charge is 0.385 e. The quantitative estimate of drug-likeness (QED) is 0.363. The minimum atomic E-state index is -1.07. The van der Waals surface area contributed by atoms with Crippen LogP contribution in [0.1, 0.15) is 13.3 Å². The number of amides is 1. The van der Waals surface area contributed by atoms with Crippen LogP contribution < -0.4 is 0 Å². The molecule has 5 nitrogen and oxygen atoms in total. The van der Waals surface area contributed by atoms with Crippen LogP contribution in [0.5, 0.6) is 0 Å². The highest BCUT2D eigenvalue weighted by atomic mass is 79.9. The van der Waals surface area contributed by atoms with Crippen molar-refractivity contribution in [2.75, 3.05) is 34.5 Å². The highest BCUT2D eigenvalue weighted by molar-refractivity contribution is 9.10. The van der Waals surface area contributed by atoms with Crippen molar-refractivity contribution in [3.05, 3.63) is 15.9 Å². The molecule has 1 aromatic heterocycles. The number of likely N-dealkylation sites (N-methyl/N-ethyl adjacent to an activating group) is 1. The van der Waals surface area contributed by atoms with E-state index in [1.54, 1.807) is 25.5 Å². The molecule has 120 valence electrons. The summed E-state index contributed by atoms with van der Waals surface area (Å²) < 4.78 is 12.9. The smallest absolute Gasteiger partial charge is 0.289 e. The van der Waals surface area contributed by atoms with Crippen molar-refractivity contribution in [2.24, 2.45) is 0 Å². The fourth-order valence-corrected chi connectivity index (χ4v) is 4.80. The van der Waals surface area contributed by atoms with Crippen LogP contribution in [0, 0.1) is 0 Å². The van der Waals surface area contributed by atoms with Gasteiger partial charge in [0.1, 0.15) is 0 Å². The van der Waals surface area contributed by atoms with Crippen molar-refractivity contribution < 1.29 is 19.1 Å². The maximum atomic E-state index is 12.7. The zero-order valence-electron chi connectivity index (χ0n) is 12.6. The van der Waals surface area contributed by atoms with Crippen LogP contribution in [0.15, 0.2) is 20.1 Å². The number of thiophene rings is 1. The first-order valence-corrected chi connectivity index (χ1v) is 8.86. The lowest BCUT2D eigenvalue weighted by molar-refractivity contribution is -0.185. The molecule has 1 atom stereocenters. The summed E-state index contributed by atoms with van der Waals surface area (Å²) in [6, 6.07) is 1.95. The van der Waals surface area contributed by atoms with Gasteiger partial charge in [-0.3, -0.25) is 9.63 Å². The number of carbonyl (C=O) groups excluding carboxylic acids is 1. The lowest BCUT2D eigenvalue weighted by atomic mass is 10.2. The lowest BCUT2D eigenvalue weighted by Gasteiger charge is -2.33. The van der Waals surface area contributed by atoms with E-state index in [-0.39, 0.29) is 5.91 Å². The Bertz CT molecular complexity index is 457. The van der Waals surface area contributed by atoms with Gasteiger partial charge in [0, 0.05) is 31.7 Å². The summed E-state index contributed by atoms with van der Waals surface area (Å²) in [5, 5.41) is 3.16. The van der Waals surface area contributed by atoms with Crippen LogP contribution in [0.4, 0.5) is 0 Å². The van der Waals surface area contributed by atoms with E-state index in [4.69, 9.17) is 14.3 Å². The minimum absolute atomic E-state index is 0.241. The first kappa shape index (κ1) is 18.9. The Morgan fingerprint density at radius 1 is 1.52 bits per heavy atom. The van der Waals surface area contributed by atoms with E-state index >= 15 is 0 Å². The molecule has 0 N–H and O–H groups in total. The van der Waals surface area contributed by atoms with E-state index in [0.717, 1.165) is 8.68 Å². The van der Waals surface area contributed by atoms with Crippen molar-refractivity contribution in [1.29, 1.82) is 0 Å². The number of hydrogen-bond donors (Lipinski definition) is 0. The van der Waals surface area contributed by atoms with Crippen molar-refractivity contribution in [1.82, 2.24) is 5.06 Å². The van der Waals surface area contributed by atoms with Gasteiger partial charge in [0.15, 0.2) is 0 Å². The number of halogens is 1. The van der Waals surface area contributed by atoms with Crippen LogP contribution in [-0.4, -0.2) is 50.4 Å². The van der Waals surface area contributed by atoms with E-state index in [9.17, 15) is 4.79 Å². The number of nitrogens with zero attached hydrogens (tertiary/aromatic N) is 1. The van der Waals surface area contributed by atoms with Gasteiger partial charge in [0.25, 0.3) is 5.91 Å². The molecule has 1 aromatic rings. The number of thioether (sulfide) groups is 1. The molecule has 0 saturated heterocycles. The van der Waals surface area contributed by atoms with Gasteiger partial charge in [0.05, 0.1) is 17.9 Å². The summed E-state index contributed by atoms with van der Waals surface area (Å²) in [6.07, 6.45) is 0.429. The zero-order chi connectivity index (χ0) is 15.9. The molecule has 0 aromatic carbocycles. The van der Waals surface area contributed by atoms with Gasteiger partial charge >= 0.3 is 0 Å². The van der Waals surface area contributed by atoms with E-state index in [0.29, 0.717) is 19.6 Å². The fourth-order valence-electron chi connectivity index (χ4n) is 1.66. The monoisotopic (exact) mass is 397 g/mol. The zero-order valence-corrected chi connectivity index (χ0v) is 15.8. The molecule has 1 amide bonds. The Kier molecular flexibility index (Phi) is 8.22. The van der Waals surface area contributed by atoms with Gasteiger partial charge < -0.3 is 9.47 Å². The first-order chi connectivity index (χ1) is 10.0. The first-order valence-electron chi connectivity index (χ1n) is 6.38. The lowest BCUT2D eigenvalue weighted by Crippen LogP contribution is -2.47. The third kappa shape index (κ3) is 4.94. The molecular formula is C13H20BrNO4S2. The molecule has 1 heterocycles. The summed E-state index contributed by atoms with van der Waals surface area (Å²) in [4.78, 5) is 16.7. The van der Waals surface area contributed by atoms with Gasteiger partial charge in [0.2, 0.25) is 4.93 Å². The third-order valence-electron chi connectivity index (χ3n) is 2.74. The fraction of sp³-hybridized carbons (Fsp3) is 0.615. The molecule has 0 aliphatic carbocycles. The third-order valence-corrected chi connectivity index (χ3v) is 6.40. The van der Waals surface area contributed by atoms with E-state index in [1.807, 2.05) is 18.4 Å². The molecule has 0 radical (unpaired) electrons. The summed E-state index contributed by atoms with van der Waals surface area (Å²) in [6.45, 7) is 2.70. The molecular weight excluding hydrogens is 378 g/mol. The Morgan fingerprint density at radius 3 is 2.71 bits per heavy atom. The summed E-state index contributed by atoms with van der Waals surface area (Å²) >= 11 is 6.43. The molecule has 1 rings (SSSR count). The topological polar surface area (TPSA) is 48.0 Å². The molecule has 0 aliphatic rings. The van der Waals surface area contributed by atoms with Crippen molar-refractivity contribution in [3.63, 3.8) is 0 Å². The number of methoxy groups -OCH3 is 1. The number of carbonyl (C=O) groups is 1. The SMILES string of the molecule is CCOC(CCOC)(Sc1sccc1Br)C(=O)N(C)OC. The maximum Gasteiger partial charge on any atom is 0.289 e. The molecule has 0 spiro atoms. The van der Waals surface area contributed by atoms with Crippen LogP contribution in [-0.2, 0) is 19.1 Å². The van der Waals surface area contributed by atoms with Gasteiger partial charge in [-0.05, 0) is 34.3 Å². The predicted molar refractivity (Wildman–Crippen MR) is 88.5 cm³/mol. The molecule has 21 heavy (non-hydrogen) atoms. The van der Waals surface area contributed by atoms with Gasteiger partial charge in [-0.1, -0.05) is 11.8 Å². The molecule has 0 aliphatic heterocycles. The van der Waals surface area contributed by atoms with Gasteiger partial charge in [-0.15, -0.1) is 11.3 Å². The van der Waals surface area contributed by atoms with Crippen molar-refractivity contribution in [2.45, 2.75) is 22.5 Å². The molecule has 8 heteroatoms. The number of hydroxylamine groups is 2. The van der Waals surface area contributed by atoms with E-state index in [2.05, 4.69) is 15.9 Å². The molecule has 0 fully saturated rings. The Balaban J connectivity index is 3.10. The van der Waals surface area contributed by atoms with E-state index in [1.165, 1.54) is 23.9 Å². The highest BCUT2D eigenvalue weighted by Crippen LogP contribution is 2.44. The van der Waals surface area contributed by atoms with Crippen molar-refractivity contribution >= 4 is 44.9 Å². The summed E-state index contributed by atoms with van der Waals surface area (Å²) in [7, 11) is 4.64. The summed E-state index contributed by atoms with van der Waals surface area (Å²) in [5.74, 6) is -0.241. The number of ether oxygens (including phenoxy) is 2. The van der Waals surface area contributed by atoms with Crippen LogP contribution in [0.3, 0.4) is 0 Å². The van der Waals surface area contributed by atoms with Gasteiger partial charge in [-0.2, -0.15) is 0 Å². The van der Waals surface area contributed by atoms with Crippen LogP contribution in [0.25, 0.3) is 0 Å². The molecule has 0 bridgehead atoms. The second kappa shape index (κ2) is 9.12. The number of rotatable bonds is 9. The van der Waals surface area contributed by atoms with Crippen molar-refractivity contribution in [3.8, 4) is 0 Å². The second-order valence-corrected chi connectivity index (χ2v) is 7.37. The van der Waals surface area contributed by atoms with Gasteiger partial charge in [-0.25, -0.2) is 5.06 Å². The van der Waals surface area contributed by atoms with Crippen LogP contribution >= 0.6 is 39.0 Å². The highest BCUT2D eigenvalue weighted by Gasteiger charge is 2.43. The predicted octanol–water partition coefficient (Wildman–Crippen LogP) is 3.39. The Labute approximate surface area is 142 Å². The van der Waals surface area contributed by atoms with Crippen LogP contribution in [0.2, 0.25) is 0 Å². The second-order valence-electron chi connectivity index (χ2n) is 4.07. The average Bonchev–Trinajstić information content (AvgIpc) is 2.88. The Morgan fingerprint density at radius 2 is 2.24 bits per heavy atom. The Hall–Kier alpha value is -0.120.